The summed E-state index contributed by atoms with van der Waals surface area (Å²) >= 11 is 0. The van der Waals surface area contributed by atoms with E-state index in [1.54, 1.807) is 0 Å². The van der Waals surface area contributed by atoms with Crippen molar-refractivity contribution < 1.29 is 0 Å². The Morgan fingerprint density at radius 1 is 0.419 bits per heavy atom. The first kappa shape index (κ1) is 22.7. The van der Waals surface area contributed by atoms with E-state index in [0.717, 1.165) is 44.3 Å². The molecule has 5 nitrogen and oxygen atoms in total. The molecule has 5 heterocycles. The van der Waals surface area contributed by atoms with Crippen LogP contribution >= 0.6 is 0 Å². The van der Waals surface area contributed by atoms with Gasteiger partial charge in [0.25, 0.3) is 0 Å². The molecule has 0 bridgehead atoms. The number of benzene rings is 5. The van der Waals surface area contributed by atoms with E-state index >= 15 is 0 Å². The zero-order chi connectivity index (χ0) is 28.1. The molecule has 0 aliphatic heterocycles. The van der Waals surface area contributed by atoms with Gasteiger partial charge >= 0.3 is 0 Å². The molecule has 10 aromatic rings. The third-order valence-electron chi connectivity index (χ3n) is 8.91. The smallest absolute Gasteiger partial charge is 0.146 e. The van der Waals surface area contributed by atoms with Gasteiger partial charge in [0.05, 0.1) is 33.1 Å². The Labute approximate surface area is 245 Å². The first-order valence-corrected chi connectivity index (χ1v) is 14.5. The molecular formula is C38H23N5. The number of hydrogen-bond donors (Lipinski definition) is 0. The average Bonchev–Trinajstić information content (AvgIpc) is 3.78. The summed E-state index contributed by atoms with van der Waals surface area (Å²) in [5.74, 6) is 0. The molecule has 10 rings (SSSR count). The molecule has 0 atom stereocenters. The van der Waals surface area contributed by atoms with Gasteiger partial charge in [-0.1, -0.05) is 66.7 Å². The van der Waals surface area contributed by atoms with Crippen molar-refractivity contribution in [2.45, 2.75) is 0 Å². The van der Waals surface area contributed by atoms with E-state index in [1.165, 1.54) is 38.1 Å². The van der Waals surface area contributed by atoms with Gasteiger partial charge in [-0.2, -0.15) is 0 Å². The number of para-hydroxylation sites is 3. The van der Waals surface area contributed by atoms with Gasteiger partial charge in [0, 0.05) is 62.3 Å². The summed E-state index contributed by atoms with van der Waals surface area (Å²) in [5, 5.41) is 7.03. The molecule has 0 fully saturated rings. The van der Waals surface area contributed by atoms with Gasteiger partial charge in [-0.3, -0.25) is 9.38 Å². The molecule has 0 saturated carbocycles. The lowest BCUT2D eigenvalue weighted by Crippen LogP contribution is -1.98. The predicted molar refractivity (Wildman–Crippen MR) is 177 cm³/mol. The van der Waals surface area contributed by atoms with Crippen LogP contribution < -0.4 is 0 Å². The fraction of sp³-hybridized carbons (Fsp3) is 0. The molecule has 43 heavy (non-hydrogen) atoms. The van der Waals surface area contributed by atoms with Crippen LogP contribution in [0.25, 0.3) is 82.4 Å². The van der Waals surface area contributed by atoms with Gasteiger partial charge in [-0.15, -0.1) is 0 Å². The van der Waals surface area contributed by atoms with Crippen LogP contribution in [-0.4, -0.2) is 23.5 Å². The van der Waals surface area contributed by atoms with Crippen LogP contribution in [-0.2, 0) is 0 Å². The van der Waals surface area contributed by atoms with Gasteiger partial charge in [0.2, 0.25) is 0 Å². The van der Waals surface area contributed by atoms with Crippen LogP contribution in [0.15, 0.2) is 140 Å². The second-order valence-corrected chi connectivity index (χ2v) is 11.1. The minimum Gasteiger partial charge on any atom is -0.307 e. The number of aromatic nitrogens is 5. The predicted octanol–water partition coefficient (Wildman–Crippen LogP) is 9.23. The molecule has 0 saturated heterocycles. The summed E-state index contributed by atoms with van der Waals surface area (Å²) in [5.41, 5.74) is 10.00. The van der Waals surface area contributed by atoms with Crippen LogP contribution in [0.2, 0.25) is 0 Å². The molecule has 0 aliphatic carbocycles. The van der Waals surface area contributed by atoms with E-state index in [1.807, 2.05) is 18.5 Å². The Morgan fingerprint density at radius 3 is 1.88 bits per heavy atom. The van der Waals surface area contributed by atoms with Gasteiger partial charge < -0.3 is 9.13 Å². The third-order valence-corrected chi connectivity index (χ3v) is 8.91. The van der Waals surface area contributed by atoms with Crippen LogP contribution in [0.3, 0.4) is 0 Å². The molecule has 0 radical (unpaired) electrons. The first-order valence-electron chi connectivity index (χ1n) is 14.5. The number of fused-ring (bicyclic) bond motifs is 14. The summed E-state index contributed by atoms with van der Waals surface area (Å²) < 4.78 is 7.11. The normalized spacial score (nSPS) is 12.2. The molecule has 5 heteroatoms. The Morgan fingerprint density at radius 2 is 1.07 bits per heavy atom. The minimum absolute atomic E-state index is 0.920. The largest absolute Gasteiger partial charge is 0.307 e. The molecule has 0 spiro atoms. The Bertz CT molecular complexity index is 2710. The summed E-state index contributed by atoms with van der Waals surface area (Å²) in [6.45, 7) is 0. The maximum atomic E-state index is 4.86. The highest BCUT2D eigenvalue weighted by atomic mass is 15.1. The van der Waals surface area contributed by atoms with Gasteiger partial charge in [-0.25, -0.2) is 4.98 Å². The molecule has 0 aliphatic rings. The second kappa shape index (κ2) is 8.30. The van der Waals surface area contributed by atoms with Crippen molar-refractivity contribution in [2.75, 3.05) is 0 Å². The van der Waals surface area contributed by atoms with E-state index in [4.69, 9.17) is 9.97 Å². The monoisotopic (exact) mass is 549 g/mol. The van der Waals surface area contributed by atoms with Gasteiger partial charge in [0.15, 0.2) is 0 Å². The van der Waals surface area contributed by atoms with Crippen molar-refractivity contribution >= 4 is 71.1 Å². The Kier molecular flexibility index (Phi) is 4.39. The van der Waals surface area contributed by atoms with Crippen LogP contribution in [0.1, 0.15) is 0 Å². The van der Waals surface area contributed by atoms with Gasteiger partial charge in [0.1, 0.15) is 5.65 Å². The fourth-order valence-electron chi connectivity index (χ4n) is 7.24. The van der Waals surface area contributed by atoms with E-state index in [-0.39, 0.29) is 0 Å². The van der Waals surface area contributed by atoms with Crippen molar-refractivity contribution in [1.29, 1.82) is 0 Å². The van der Waals surface area contributed by atoms with E-state index in [0.29, 0.717) is 0 Å². The van der Waals surface area contributed by atoms with Gasteiger partial charge in [-0.05, 0) is 54.6 Å². The van der Waals surface area contributed by atoms with Crippen molar-refractivity contribution in [3.63, 3.8) is 0 Å². The van der Waals surface area contributed by atoms with Crippen LogP contribution in [0, 0.1) is 0 Å². The molecule has 5 aromatic heterocycles. The van der Waals surface area contributed by atoms with E-state index in [9.17, 15) is 0 Å². The number of rotatable bonds is 2. The standard InChI is InChI=1S/C38H23N5/c1-3-10-24(11-4-1)42-31-16-8-7-14-26(31)27-17-18-28-33-32(43(37(28)36(27)42)25-12-5-2-6-13-25)20-19-29-34-30(15-9-21-39-34)38-40-22-23-41(38)35(29)33/h1-23H. The summed E-state index contributed by atoms with van der Waals surface area (Å²) in [7, 11) is 0. The average molecular weight is 550 g/mol. The summed E-state index contributed by atoms with van der Waals surface area (Å²) in [6, 6.07) is 43.4. The van der Waals surface area contributed by atoms with Crippen molar-refractivity contribution in [1.82, 2.24) is 23.5 Å². The van der Waals surface area contributed by atoms with E-state index < -0.39 is 0 Å². The highest BCUT2D eigenvalue weighted by Gasteiger charge is 2.24. The highest BCUT2D eigenvalue weighted by Crippen LogP contribution is 2.44. The number of nitrogens with zero attached hydrogens (tertiary/aromatic N) is 5. The van der Waals surface area contributed by atoms with Crippen LogP contribution in [0.4, 0.5) is 0 Å². The lowest BCUT2D eigenvalue weighted by molar-refractivity contribution is 1.15. The van der Waals surface area contributed by atoms with E-state index in [2.05, 4.69) is 135 Å². The maximum absolute atomic E-state index is 4.86. The second-order valence-electron chi connectivity index (χ2n) is 11.1. The lowest BCUT2D eigenvalue weighted by atomic mass is 10.0. The SMILES string of the molecule is c1ccc(-n2c3ccccc3c3ccc4c5c(ccc6c7ncccc7c7nccn7c65)n(-c5ccccc5)c4c32)cc1. The molecule has 200 valence electrons. The lowest BCUT2D eigenvalue weighted by Gasteiger charge is -2.12. The highest BCUT2D eigenvalue weighted by molar-refractivity contribution is 6.30. The Hall–Kier alpha value is -5.94. The minimum atomic E-state index is 0.920. The van der Waals surface area contributed by atoms with Crippen molar-refractivity contribution in [3.05, 3.63) is 140 Å². The quantitative estimate of drug-likeness (QED) is 0.202. The summed E-state index contributed by atoms with van der Waals surface area (Å²) in [4.78, 5) is 9.65. The zero-order valence-corrected chi connectivity index (χ0v) is 23.0. The molecule has 5 aromatic carbocycles. The van der Waals surface area contributed by atoms with Crippen LogP contribution in [0.5, 0.6) is 0 Å². The topological polar surface area (TPSA) is 40.1 Å². The maximum Gasteiger partial charge on any atom is 0.146 e. The fourth-order valence-corrected chi connectivity index (χ4v) is 7.24. The molecule has 0 unspecified atom stereocenters. The number of hydrogen-bond acceptors (Lipinski definition) is 2. The first-order chi connectivity index (χ1) is 21.4. The number of imidazole rings is 1. The third kappa shape index (κ3) is 2.90. The number of pyridine rings is 2. The van der Waals surface area contributed by atoms with Crippen molar-refractivity contribution in [3.8, 4) is 11.4 Å². The summed E-state index contributed by atoms with van der Waals surface area (Å²) in [6.07, 6.45) is 5.84. The Balaban J connectivity index is 1.54. The zero-order valence-electron chi connectivity index (χ0n) is 23.0. The molecular weight excluding hydrogens is 526 g/mol. The molecule has 0 N–H and O–H groups in total. The van der Waals surface area contributed by atoms with Crippen molar-refractivity contribution in [2.24, 2.45) is 0 Å². The molecule has 0 amide bonds.